The van der Waals surface area contributed by atoms with Gasteiger partial charge in [0.25, 0.3) is 0 Å². The quantitative estimate of drug-likeness (QED) is 0.835. The summed E-state index contributed by atoms with van der Waals surface area (Å²) in [5, 5.41) is 1.97. The van der Waals surface area contributed by atoms with Gasteiger partial charge in [0.2, 0.25) is 11.8 Å². The topological polar surface area (TPSA) is 40.6 Å². The van der Waals surface area contributed by atoms with Crippen molar-refractivity contribution >= 4 is 28.8 Å². The molecule has 2 heterocycles. The first-order chi connectivity index (χ1) is 11.9. The number of rotatable bonds is 4. The molecule has 0 aliphatic carbocycles. The summed E-state index contributed by atoms with van der Waals surface area (Å²) in [6.45, 7) is 2.58. The van der Waals surface area contributed by atoms with E-state index in [-0.39, 0.29) is 30.5 Å². The van der Waals surface area contributed by atoms with Crippen molar-refractivity contribution in [1.82, 2.24) is 4.90 Å². The van der Waals surface area contributed by atoms with E-state index in [1.54, 1.807) is 23.3 Å². The van der Waals surface area contributed by atoms with Crippen LogP contribution in [-0.4, -0.2) is 30.3 Å². The third kappa shape index (κ3) is 3.56. The lowest BCUT2D eigenvalue weighted by Crippen LogP contribution is -2.34. The number of halogens is 2. The van der Waals surface area contributed by atoms with Crippen LogP contribution in [0.25, 0.3) is 0 Å². The Kier molecular flexibility index (Phi) is 4.85. The van der Waals surface area contributed by atoms with Gasteiger partial charge in [-0.1, -0.05) is 0 Å². The summed E-state index contributed by atoms with van der Waals surface area (Å²) in [5.41, 5.74) is 1.14. The molecule has 4 nitrogen and oxygen atoms in total. The Bertz CT molecular complexity index is 821. The van der Waals surface area contributed by atoms with Gasteiger partial charge in [0.15, 0.2) is 0 Å². The van der Waals surface area contributed by atoms with Crippen LogP contribution in [0.2, 0.25) is 0 Å². The van der Waals surface area contributed by atoms with Gasteiger partial charge in [-0.3, -0.25) is 9.59 Å². The smallest absolute Gasteiger partial charge is 0.228 e. The van der Waals surface area contributed by atoms with Gasteiger partial charge < -0.3 is 9.80 Å². The number of carbonyl (C=O) groups is 2. The highest BCUT2D eigenvalue weighted by Gasteiger charge is 2.37. The van der Waals surface area contributed by atoms with Crippen molar-refractivity contribution in [2.75, 3.05) is 18.5 Å². The van der Waals surface area contributed by atoms with E-state index in [9.17, 15) is 18.4 Å². The van der Waals surface area contributed by atoms with E-state index >= 15 is 0 Å². The van der Waals surface area contributed by atoms with E-state index < -0.39 is 17.6 Å². The van der Waals surface area contributed by atoms with Crippen molar-refractivity contribution in [1.29, 1.82) is 0 Å². The molecule has 0 radical (unpaired) electrons. The zero-order valence-corrected chi connectivity index (χ0v) is 14.8. The first-order valence-electron chi connectivity index (χ1n) is 7.90. The second-order valence-corrected chi connectivity index (χ2v) is 7.22. The lowest BCUT2D eigenvalue weighted by Gasteiger charge is -2.21. The summed E-state index contributed by atoms with van der Waals surface area (Å²) in [4.78, 5) is 28.8. The summed E-state index contributed by atoms with van der Waals surface area (Å²) >= 11 is 1.58. The van der Waals surface area contributed by atoms with Crippen LogP contribution in [0.5, 0.6) is 0 Å². The standard InChI is InChI=1S/C18H18F2N2O2S/c1-11-5-6-25-16(11)10-21(2)18(24)12-7-17(23)22(9-12)15-4-3-13(19)8-14(15)20/h3-6,8,12H,7,9-10H2,1-2H3. The molecule has 1 aliphatic heterocycles. The van der Waals surface area contributed by atoms with Crippen LogP contribution < -0.4 is 4.90 Å². The van der Waals surface area contributed by atoms with Gasteiger partial charge in [0.1, 0.15) is 11.6 Å². The maximum Gasteiger partial charge on any atom is 0.228 e. The van der Waals surface area contributed by atoms with Gasteiger partial charge in [0, 0.05) is 31.0 Å². The molecule has 132 valence electrons. The largest absolute Gasteiger partial charge is 0.340 e. The van der Waals surface area contributed by atoms with Gasteiger partial charge in [-0.15, -0.1) is 11.3 Å². The summed E-state index contributed by atoms with van der Waals surface area (Å²) in [7, 11) is 1.70. The lowest BCUT2D eigenvalue weighted by atomic mass is 10.1. The average Bonchev–Trinajstić information content (AvgIpc) is 3.13. The fourth-order valence-electron chi connectivity index (χ4n) is 2.98. The molecule has 1 saturated heterocycles. The van der Waals surface area contributed by atoms with Gasteiger partial charge >= 0.3 is 0 Å². The highest BCUT2D eigenvalue weighted by Crippen LogP contribution is 2.29. The first kappa shape index (κ1) is 17.5. The molecule has 3 rings (SSSR count). The fourth-order valence-corrected chi connectivity index (χ4v) is 3.94. The number of thiophene rings is 1. The molecule has 2 aromatic rings. The molecular formula is C18H18F2N2O2S. The number of anilines is 1. The van der Waals surface area contributed by atoms with Crippen LogP contribution in [0, 0.1) is 24.5 Å². The Hall–Kier alpha value is -2.28. The minimum Gasteiger partial charge on any atom is -0.340 e. The fraction of sp³-hybridized carbons (Fsp3) is 0.333. The number of carbonyl (C=O) groups excluding carboxylic acids is 2. The molecule has 1 aliphatic rings. The van der Waals surface area contributed by atoms with Gasteiger partial charge in [0.05, 0.1) is 18.2 Å². The van der Waals surface area contributed by atoms with Crippen LogP contribution in [0.1, 0.15) is 16.9 Å². The molecule has 0 N–H and O–H groups in total. The second kappa shape index (κ2) is 6.92. The zero-order chi connectivity index (χ0) is 18.1. The van der Waals surface area contributed by atoms with Crippen molar-refractivity contribution in [3.05, 3.63) is 51.7 Å². The van der Waals surface area contributed by atoms with Crippen molar-refractivity contribution < 1.29 is 18.4 Å². The van der Waals surface area contributed by atoms with Crippen molar-refractivity contribution in [2.24, 2.45) is 5.92 Å². The molecule has 7 heteroatoms. The molecule has 1 aromatic heterocycles. The summed E-state index contributed by atoms with van der Waals surface area (Å²) in [5.74, 6) is -2.51. The Morgan fingerprint density at radius 3 is 2.76 bits per heavy atom. The van der Waals surface area contributed by atoms with Gasteiger partial charge in [-0.2, -0.15) is 0 Å². The third-order valence-electron chi connectivity index (χ3n) is 4.40. The summed E-state index contributed by atoms with van der Waals surface area (Å²) < 4.78 is 27.0. The molecule has 0 spiro atoms. The Morgan fingerprint density at radius 1 is 1.36 bits per heavy atom. The molecule has 1 fully saturated rings. The monoisotopic (exact) mass is 364 g/mol. The number of hydrogen-bond acceptors (Lipinski definition) is 3. The zero-order valence-electron chi connectivity index (χ0n) is 14.0. The molecule has 0 bridgehead atoms. The number of benzene rings is 1. The van der Waals surface area contributed by atoms with Crippen LogP contribution in [0.4, 0.5) is 14.5 Å². The third-order valence-corrected chi connectivity index (χ3v) is 5.41. The van der Waals surface area contributed by atoms with Crippen LogP contribution >= 0.6 is 11.3 Å². The Balaban J connectivity index is 1.71. The predicted molar refractivity (Wildman–Crippen MR) is 92.3 cm³/mol. The summed E-state index contributed by atoms with van der Waals surface area (Å²) in [6.07, 6.45) is 0.0312. The van der Waals surface area contributed by atoms with Crippen molar-refractivity contribution in [3.8, 4) is 0 Å². The SMILES string of the molecule is Cc1ccsc1CN(C)C(=O)C1CC(=O)N(c2ccc(F)cc2F)C1. The highest BCUT2D eigenvalue weighted by atomic mass is 32.1. The van der Waals surface area contributed by atoms with E-state index in [1.165, 1.54) is 11.0 Å². The van der Waals surface area contributed by atoms with E-state index in [0.29, 0.717) is 6.54 Å². The number of amides is 2. The highest BCUT2D eigenvalue weighted by molar-refractivity contribution is 7.10. The molecule has 1 unspecified atom stereocenters. The van der Waals surface area contributed by atoms with Crippen LogP contribution in [0.3, 0.4) is 0 Å². The maximum absolute atomic E-state index is 13.9. The first-order valence-corrected chi connectivity index (χ1v) is 8.78. The molecular weight excluding hydrogens is 346 g/mol. The predicted octanol–water partition coefficient (Wildman–Crippen LogP) is 3.35. The molecule has 1 aromatic carbocycles. The number of hydrogen-bond donors (Lipinski definition) is 0. The molecule has 25 heavy (non-hydrogen) atoms. The van der Waals surface area contributed by atoms with E-state index in [0.717, 1.165) is 22.6 Å². The molecule has 2 amide bonds. The maximum atomic E-state index is 13.9. The molecule has 0 saturated carbocycles. The van der Waals surface area contributed by atoms with Crippen LogP contribution in [0.15, 0.2) is 29.6 Å². The average molecular weight is 364 g/mol. The van der Waals surface area contributed by atoms with E-state index in [4.69, 9.17) is 0 Å². The second-order valence-electron chi connectivity index (χ2n) is 6.22. The number of aryl methyl sites for hydroxylation is 1. The minimum absolute atomic E-state index is 0.0125. The van der Waals surface area contributed by atoms with Crippen molar-refractivity contribution in [2.45, 2.75) is 19.9 Å². The van der Waals surface area contributed by atoms with Crippen LogP contribution in [-0.2, 0) is 16.1 Å². The van der Waals surface area contributed by atoms with Gasteiger partial charge in [-0.25, -0.2) is 8.78 Å². The summed E-state index contributed by atoms with van der Waals surface area (Å²) in [6, 6.07) is 5.07. The molecule has 1 atom stereocenters. The van der Waals surface area contributed by atoms with Gasteiger partial charge in [-0.05, 0) is 36.1 Å². The normalized spacial score (nSPS) is 17.2. The van der Waals surface area contributed by atoms with E-state index in [2.05, 4.69) is 0 Å². The Labute approximate surface area is 148 Å². The van der Waals surface area contributed by atoms with E-state index in [1.807, 2.05) is 18.4 Å². The lowest BCUT2D eigenvalue weighted by molar-refractivity contribution is -0.135. The van der Waals surface area contributed by atoms with Crippen molar-refractivity contribution in [3.63, 3.8) is 0 Å². The minimum atomic E-state index is -0.802. The number of nitrogens with zero attached hydrogens (tertiary/aromatic N) is 2. The Morgan fingerprint density at radius 2 is 2.12 bits per heavy atom.